The zero-order valence-corrected chi connectivity index (χ0v) is 8.08. The second kappa shape index (κ2) is 3.66. The van der Waals surface area contributed by atoms with Crippen LogP contribution in [0.4, 0.5) is 0 Å². The number of nitrogens with one attached hydrogen (secondary N) is 1. The molecule has 2 fully saturated rings. The average Bonchev–Trinajstić information content (AvgIpc) is 2.68. The van der Waals surface area contributed by atoms with Gasteiger partial charge in [0.15, 0.2) is 6.10 Å². The minimum Gasteiger partial charge on any atom is -0.359 e. The first-order valence-electron chi connectivity index (χ1n) is 5.20. The standard InChI is InChI=1S/C10H17NO2/c1-7-9(13-7)10(12)11-6-8-4-2-3-5-8/h7-9H,2-6H2,1H3,(H,11,12). The van der Waals surface area contributed by atoms with Crippen LogP contribution in [0, 0.1) is 5.92 Å². The summed E-state index contributed by atoms with van der Waals surface area (Å²) >= 11 is 0. The summed E-state index contributed by atoms with van der Waals surface area (Å²) in [4.78, 5) is 11.3. The van der Waals surface area contributed by atoms with Crippen molar-refractivity contribution in [2.24, 2.45) is 5.92 Å². The van der Waals surface area contributed by atoms with Crippen molar-refractivity contribution < 1.29 is 9.53 Å². The number of carbonyl (C=O) groups is 1. The molecule has 1 aliphatic heterocycles. The summed E-state index contributed by atoms with van der Waals surface area (Å²) in [5.74, 6) is 0.803. The van der Waals surface area contributed by atoms with Gasteiger partial charge in [0, 0.05) is 6.54 Å². The van der Waals surface area contributed by atoms with Crippen molar-refractivity contribution in [1.82, 2.24) is 5.32 Å². The van der Waals surface area contributed by atoms with Gasteiger partial charge in [-0.2, -0.15) is 0 Å². The van der Waals surface area contributed by atoms with Gasteiger partial charge in [0.25, 0.3) is 5.91 Å². The van der Waals surface area contributed by atoms with Gasteiger partial charge in [0.05, 0.1) is 6.10 Å². The van der Waals surface area contributed by atoms with Gasteiger partial charge >= 0.3 is 0 Å². The van der Waals surface area contributed by atoms with E-state index in [0.29, 0.717) is 0 Å². The van der Waals surface area contributed by atoms with E-state index >= 15 is 0 Å². The van der Waals surface area contributed by atoms with E-state index in [0.717, 1.165) is 12.5 Å². The van der Waals surface area contributed by atoms with Gasteiger partial charge in [-0.25, -0.2) is 0 Å². The van der Waals surface area contributed by atoms with E-state index < -0.39 is 0 Å². The lowest BCUT2D eigenvalue weighted by atomic mass is 10.1. The molecule has 1 N–H and O–H groups in total. The van der Waals surface area contributed by atoms with Gasteiger partial charge in [0.2, 0.25) is 0 Å². The summed E-state index contributed by atoms with van der Waals surface area (Å²) in [7, 11) is 0. The van der Waals surface area contributed by atoms with E-state index in [9.17, 15) is 4.79 Å². The number of hydrogen-bond acceptors (Lipinski definition) is 2. The molecule has 1 amide bonds. The van der Waals surface area contributed by atoms with Crippen LogP contribution in [0.3, 0.4) is 0 Å². The third-order valence-electron chi connectivity index (χ3n) is 3.01. The van der Waals surface area contributed by atoms with Crippen LogP contribution in [-0.4, -0.2) is 24.7 Å². The fraction of sp³-hybridized carbons (Fsp3) is 0.900. The maximum Gasteiger partial charge on any atom is 0.251 e. The zero-order chi connectivity index (χ0) is 9.26. The Kier molecular flexibility index (Phi) is 2.54. The molecule has 1 saturated carbocycles. The van der Waals surface area contributed by atoms with E-state index in [1.165, 1.54) is 25.7 Å². The predicted octanol–water partition coefficient (Wildman–Crippen LogP) is 1.08. The molecule has 3 heteroatoms. The maximum atomic E-state index is 11.3. The molecule has 0 radical (unpaired) electrons. The van der Waals surface area contributed by atoms with Crippen molar-refractivity contribution in [3.8, 4) is 0 Å². The summed E-state index contributed by atoms with van der Waals surface area (Å²) in [5.41, 5.74) is 0. The van der Waals surface area contributed by atoms with Crippen molar-refractivity contribution in [3.05, 3.63) is 0 Å². The lowest BCUT2D eigenvalue weighted by molar-refractivity contribution is -0.122. The number of ether oxygens (including phenoxy) is 1. The molecule has 2 atom stereocenters. The van der Waals surface area contributed by atoms with Gasteiger partial charge < -0.3 is 10.1 Å². The molecule has 3 nitrogen and oxygen atoms in total. The van der Waals surface area contributed by atoms with Crippen LogP contribution in [0.2, 0.25) is 0 Å². The molecule has 1 heterocycles. The highest BCUT2D eigenvalue weighted by Crippen LogP contribution is 2.24. The van der Waals surface area contributed by atoms with Gasteiger partial charge in [-0.1, -0.05) is 12.8 Å². The van der Waals surface area contributed by atoms with E-state index in [2.05, 4.69) is 5.32 Å². The first-order valence-corrected chi connectivity index (χ1v) is 5.20. The Balaban J connectivity index is 1.64. The van der Waals surface area contributed by atoms with Crippen LogP contribution in [0.1, 0.15) is 32.6 Å². The Bertz CT molecular complexity index is 199. The molecular weight excluding hydrogens is 166 g/mol. The van der Waals surface area contributed by atoms with Crippen molar-refractivity contribution in [3.63, 3.8) is 0 Å². The highest BCUT2D eigenvalue weighted by atomic mass is 16.6. The monoisotopic (exact) mass is 183 g/mol. The summed E-state index contributed by atoms with van der Waals surface area (Å²) < 4.78 is 5.08. The average molecular weight is 183 g/mol. The summed E-state index contributed by atoms with van der Waals surface area (Å²) in [6, 6.07) is 0. The molecule has 2 unspecified atom stereocenters. The molecular formula is C10H17NO2. The molecule has 74 valence electrons. The molecule has 2 aliphatic rings. The molecule has 13 heavy (non-hydrogen) atoms. The smallest absolute Gasteiger partial charge is 0.251 e. The fourth-order valence-corrected chi connectivity index (χ4v) is 2.02. The van der Waals surface area contributed by atoms with Gasteiger partial charge in [-0.3, -0.25) is 4.79 Å². The Morgan fingerprint density at radius 2 is 2.08 bits per heavy atom. The molecule has 0 aromatic carbocycles. The molecule has 1 saturated heterocycles. The molecule has 1 aliphatic carbocycles. The Hall–Kier alpha value is -0.570. The van der Waals surface area contributed by atoms with Crippen LogP contribution in [0.5, 0.6) is 0 Å². The minimum atomic E-state index is -0.151. The SMILES string of the molecule is CC1OC1C(=O)NCC1CCCC1. The van der Waals surface area contributed by atoms with Crippen molar-refractivity contribution >= 4 is 5.91 Å². The van der Waals surface area contributed by atoms with Crippen LogP contribution in [0.25, 0.3) is 0 Å². The van der Waals surface area contributed by atoms with Crippen LogP contribution in [-0.2, 0) is 9.53 Å². The number of epoxide rings is 1. The number of hydrogen-bond donors (Lipinski definition) is 1. The maximum absolute atomic E-state index is 11.3. The van der Waals surface area contributed by atoms with Gasteiger partial charge in [-0.05, 0) is 25.7 Å². The first-order chi connectivity index (χ1) is 6.27. The quantitative estimate of drug-likeness (QED) is 0.665. The van der Waals surface area contributed by atoms with Crippen molar-refractivity contribution in [2.75, 3.05) is 6.54 Å². The molecule has 0 spiro atoms. The van der Waals surface area contributed by atoms with E-state index in [-0.39, 0.29) is 18.1 Å². The van der Waals surface area contributed by atoms with E-state index in [1.807, 2.05) is 6.92 Å². The molecule has 0 bridgehead atoms. The second-order valence-corrected chi connectivity index (χ2v) is 4.16. The van der Waals surface area contributed by atoms with E-state index in [4.69, 9.17) is 4.74 Å². The number of carbonyl (C=O) groups excluding carboxylic acids is 1. The van der Waals surface area contributed by atoms with Crippen LogP contribution < -0.4 is 5.32 Å². The molecule has 0 aromatic heterocycles. The minimum absolute atomic E-state index is 0.0828. The largest absolute Gasteiger partial charge is 0.359 e. The molecule has 2 rings (SSSR count). The predicted molar refractivity (Wildman–Crippen MR) is 49.3 cm³/mol. The number of amides is 1. The molecule has 0 aromatic rings. The third-order valence-corrected chi connectivity index (χ3v) is 3.01. The summed E-state index contributed by atoms with van der Waals surface area (Å²) in [6.45, 7) is 2.78. The topological polar surface area (TPSA) is 41.6 Å². The normalized spacial score (nSPS) is 33.3. The number of rotatable bonds is 3. The van der Waals surface area contributed by atoms with Gasteiger partial charge in [0.1, 0.15) is 0 Å². The Morgan fingerprint density at radius 3 is 2.62 bits per heavy atom. The highest BCUT2D eigenvalue weighted by molar-refractivity contribution is 5.83. The van der Waals surface area contributed by atoms with Crippen LogP contribution >= 0.6 is 0 Å². The van der Waals surface area contributed by atoms with Gasteiger partial charge in [-0.15, -0.1) is 0 Å². The van der Waals surface area contributed by atoms with Crippen molar-refractivity contribution in [2.45, 2.75) is 44.8 Å². The second-order valence-electron chi connectivity index (χ2n) is 4.16. The zero-order valence-electron chi connectivity index (χ0n) is 8.08. The highest BCUT2D eigenvalue weighted by Gasteiger charge is 2.41. The third kappa shape index (κ3) is 2.21. The lowest BCUT2D eigenvalue weighted by Crippen LogP contribution is -2.32. The van der Waals surface area contributed by atoms with Crippen LogP contribution in [0.15, 0.2) is 0 Å². The fourth-order valence-electron chi connectivity index (χ4n) is 2.02. The van der Waals surface area contributed by atoms with E-state index in [1.54, 1.807) is 0 Å². The Labute approximate surface area is 78.8 Å². The Morgan fingerprint density at radius 1 is 1.46 bits per heavy atom. The first kappa shape index (κ1) is 9.00. The summed E-state index contributed by atoms with van der Waals surface area (Å²) in [5, 5.41) is 2.95. The lowest BCUT2D eigenvalue weighted by Gasteiger charge is -2.08. The summed E-state index contributed by atoms with van der Waals surface area (Å²) in [6.07, 6.45) is 5.21. The van der Waals surface area contributed by atoms with Crippen molar-refractivity contribution in [1.29, 1.82) is 0 Å².